The van der Waals surface area contributed by atoms with Gasteiger partial charge in [0.1, 0.15) is 0 Å². The number of benzene rings is 1. The number of anilines is 2. The maximum absolute atomic E-state index is 11.7. The lowest BCUT2D eigenvalue weighted by Gasteiger charge is -2.26. The van der Waals surface area contributed by atoms with Crippen LogP contribution < -0.4 is 10.2 Å². The highest BCUT2D eigenvalue weighted by Crippen LogP contribution is 2.22. The van der Waals surface area contributed by atoms with Crippen molar-refractivity contribution in [3.05, 3.63) is 41.0 Å². The summed E-state index contributed by atoms with van der Waals surface area (Å²) >= 11 is 6.15. The Morgan fingerprint density at radius 1 is 1.36 bits per heavy atom. The lowest BCUT2D eigenvalue weighted by atomic mass is 10.2. The van der Waals surface area contributed by atoms with Crippen molar-refractivity contribution in [2.75, 3.05) is 28.3 Å². The van der Waals surface area contributed by atoms with Gasteiger partial charge in [0.05, 0.1) is 17.7 Å². The Bertz CT molecular complexity index is 846. The van der Waals surface area contributed by atoms with E-state index in [2.05, 4.69) is 20.5 Å². The fourth-order valence-corrected chi connectivity index (χ4v) is 4.85. The summed E-state index contributed by atoms with van der Waals surface area (Å²) in [6.07, 6.45) is 2.14. The van der Waals surface area contributed by atoms with Crippen molar-refractivity contribution in [2.45, 2.75) is 25.9 Å². The third-order valence-corrected chi connectivity index (χ3v) is 6.33. The summed E-state index contributed by atoms with van der Waals surface area (Å²) in [5.74, 6) is 1.37. The highest BCUT2D eigenvalue weighted by Gasteiger charge is 2.33. The first-order chi connectivity index (χ1) is 12.0. The van der Waals surface area contributed by atoms with Crippen molar-refractivity contribution in [3.8, 4) is 0 Å². The number of nitrogens with one attached hydrogen (secondary N) is 1. The van der Waals surface area contributed by atoms with Gasteiger partial charge in [-0.15, -0.1) is 5.10 Å². The second kappa shape index (κ2) is 7.53. The zero-order valence-corrected chi connectivity index (χ0v) is 15.5. The molecule has 0 spiro atoms. The molecule has 1 fully saturated rings. The molecular formula is C16H20ClN5O2S. The minimum atomic E-state index is -2.97. The number of hydrogen-bond donors (Lipinski definition) is 1. The molecule has 1 N–H and O–H groups in total. The third-order valence-electron chi connectivity index (χ3n) is 4.21. The third kappa shape index (κ3) is 4.38. The molecule has 0 aliphatic carbocycles. The predicted octanol–water partition coefficient (Wildman–Crippen LogP) is 2.15. The SMILES string of the molecule is CCN(c1nncc(NCc2ccccc2Cl)n1)C1CCS(=O)(=O)C1. The van der Waals surface area contributed by atoms with E-state index in [1.807, 2.05) is 36.1 Å². The Labute approximate surface area is 152 Å². The van der Waals surface area contributed by atoms with E-state index in [0.717, 1.165) is 5.56 Å². The number of sulfone groups is 1. The van der Waals surface area contributed by atoms with Crippen LogP contribution in [0.4, 0.5) is 11.8 Å². The molecule has 1 aliphatic rings. The van der Waals surface area contributed by atoms with Crippen LogP contribution in [0, 0.1) is 0 Å². The number of halogens is 1. The van der Waals surface area contributed by atoms with E-state index in [4.69, 9.17) is 11.6 Å². The molecule has 9 heteroatoms. The van der Waals surface area contributed by atoms with Crippen LogP contribution in [-0.2, 0) is 16.4 Å². The van der Waals surface area contributed by atoms with Gasteiger partial charge in [0.15, 0.2) is 15.7 Å². The number of nitrogens with zero attached hydrogens (tertiary/aromatic N) is 4. The molecule has 7 nitrogen and oxygen atoms in total. The molecule has 1 atom stereocenters. The normalized spacial score (nSPS) is 18.9. The van der Waals surface area contributed by atoms with E-state index < -0.39 is 9.84 Å². The van der Waals surface area contributed by atoms with Gasteiger partial charge in [-0.3, -0.25) is 0 Å². The van der Waals surface area contributed by atoms with E-state index in [9.17, 15) is 8.42 Å². The van der Waals surface area contributed by atoms with Crippen LogP contribution in [0.25, 0.3) is 0 Å². The van der Waals surface area contributed by atoms with Crippen LogP contribution in [-0.4, -0.2) is 47.7 Å². The van der Waals surface area contributed by atoms with Gasteiger partial charge in [-0.05, 0) is 25.0 Å². The van der Waals surface area contributed by atoms with Gasteiger partial charge < -0.3 is 10.2 Å². The van der Waals surface area contributed by atoms with Crippen LogP contribution >= 0.6 is 11.6 Å². The summed E-state index contributed by atoms with van der Waals surface area (Å²) in [6, 6.07) is 7.47. The van der Waals surface area contributed by atoms with Crippen molar-refractivity contribution >= 4 is 33.2 Å². The minimum Gasteiger partial charge on any atom is -0.364 e. The average molecular weight is 382 g/mol. The fraction of sp³-hybridized carbons (Fsp3) is 0.438. The minimum absolute atomic E-state index is 0.101. The first-order valence-corrected chi connectivity index (χ1v) is 10.3. The fourth-order valence-electron chi connectivity index (χ4n) is 2.91. The Hall–Kier alpha value is -1.93. The molecular weight excluding hydrogens is 362 g/mol. The Morgan fingerprint density at radius 2 is 2.16 bits per heavy atom. The molecule has 1 saturated heterocycles. The highest BCUT2D eigenvalue weighted by atomic mass is 35.5. The monoisotopic (exact) mass is 381 g/mol. The van der Waals surface area contributed by atoms with E-state index >= 15 is 0 Å². The summed E-state index contributed by atoms with van der Waals surface area (Å²) in [6.45, 7) is 3.09. The number of aromatic nitrogens is 3. The second-order valence-electron chi connectivity index (χ2n) is 5.93. The summed E-state index contributed by atoms with van der Waals surface area (Å²) in [4.78, 5) is 6.39. The van der Waals surface area contributed by atoms with Crippen molar-refractivity contribution in [1.82, 2.24) is 15.2 Å². The van der Waals surface area contributed by atoms with Gasteiger partial charge in [0.2, 0.25) is 5.95 Å². The smallest absolute Gasteiger partial charge is 0.247 e. The lowest BCUT2D eigenvalue weighted by molar-refractivity contribution is 0.598. The zero-order chi connectivity index (χ0) is 17.9. The van der Waals surface area contributed by atoms with Crippen LogP contribution in [0.5, 0.6) is 0 Å². The van der Waals surface area contributed by atoms with Gasteiger partial charge >= 0.3 is 0 Å². The average Bonchev–Trinajstić information content (AvgIpc) is 2.95. The molecule has 2 heterocycles. The molecule has 0 bridgehead atoms. The zero-order valence-electron chi connectivity index (χ0n) is 13.9. The Morgan fingerprint density at radius 3 is 2.84 bits per heavy atom. The number of rotatable bonds is 6. The topological polar surface area (TPSA) is 88.1 Å². The maximum atomic E-state index is 11.7. The molecule has 3 rings (SSSR count). The summed E-state index contributed by atoms with van der Waals surface area (Å²) in [7, 11) is -2.97. The summed E-state index contributed by atoms with van der Waals surface area (Å²) in [5, 5.41) is 11.9. The highest BCUT2D eigenvalue weighted by molar-refractivity contribution is 7.91. The quantitative estimate of drug-likeness (QED) is 0.820. The van der Waals surface area contributed by atoms with Crippen LogP contribution in [0.1, 0.15) is 18.9 Å². The molecule has 0 radical (unpaired) electrons. The van der Waals surface area contributed by atoms with E-state index in [-0.39, 0.29) is 17.5 Å². The molecule has 1 aromatic heterocycles. The molecule has 25 heavy (non-hydrogen) atoms. The molecule has 2 aromatic rings. The van der Waals surface area contributed by atoms with Crippen molar-refractivity contribution in [2.24, 2.45) is 0 Å². The predicted molar refractivity (Wildman–Crippen MR) is 98.7 cm³/mol. The Kier molecular flexibility index (Phi) is 5.39. The standard InChI is InChI=1S/C16H20ClN5O2S/c1-2-22(13-7-8-25(23,24)11-13)16-20-15(10-19-21-16)18-9-12-5-3-4-6-14(12)17/h3-6,10,13H,2,7-9,11H2,1H3,(H,18,20,21). The summed E-state index contributed by atoms with van der Waals surface area (Å²) in [5.41, 5.74) is 0.957. The van der Waals surface area contributed by atoms with Gasteiger partial charge in [-0.1, -0.05) is 29.8 Å². The van der Waals surface area contributed by atoms with Crippen LogP contribution in [0.15, 0.2) is 30.5 Å². The summed E-state index contributed by atoms with van der Waals surface area (Å²) < 4.78 is 23.5. The lowest BCUT2D eigenvalue weighted by Crippen LogP contribution is -2.37. The molecule has 0 saturated carbocycles. The largest absolute Gasteiger partial charge is 0.364 e. The molecule has 1 aliphatic heterocycles. The first-order valence-electron chi connectivity index (χ1n) is 8.12. The van der Waals surface area contributed by atoms with Gasteiger partial charge in [-0.25, -0.2) is 8.42 Å². The van der Waals surface area contributed by atoms with E-state index in [0.29, 0.717) is 36.3 Å². The van der Waals surface area contributed by atoms with Crippen molar-refractivity contribution in [1.29, 1.82) is 0 Å². The van der Waals surface area contributed by atoms with Crippen molar-refractivity contribution < 1.29 is 8.42 Å². The molecule has 134 valence electrons. The maximum Gasteiger partial charge on any atom is 0.247 e. The van der Waals surface area contributed by atoms with Gasteiger partial charge in [-0.2, -0.15) is 10.1 Å². The van der Waals surface area contributed by atoms with Crippen molar-refractivity contribution in [3.63, 3.8) is 0 Å². The van der Waals surface area contributed by atoms with Crippen LogP contribution in [0.3, 0.4) is 0 Å². The van der Waals surface area contributed by atoms with Crippen LogP contribution in [0.2, 0.25) is 5.02 Å². The first kappa shape index (κ1) is 17.9. The molecule has 1 unspecified atom stereocenters. The van der Waals surface area contributed by atoms with E-state index in [1.54, 1.807) is 6.20 Å². The Balaban J connectivity index is 1.73. The second-order valence-corrected chi connectivity index (χ2v) is 8.57. The van der Waals surface area contributed by atoms with Gasteiger partial charge in [0.25, 0.3) is 0 Å². The number of hydrogen-bond acceptors (Lipinski definition) is 7. The van der Waals surface area contributed by atoms with Gasteiger partial charge in [0, 0.05) is 24.2 Å². The van der Waals surface area contributed by atoms with E-state index in [1.165, 1.54) is 0 Å². The molecule has 0 amide bonds. The molecule has 1 aromatic carbocycles.